The molecule has 9 nitrogen and oxygen atoms in total. The second-order valence-corrected chi connectivity index (χ2v) is 10.9. The molecule has 4 aromatic rings. The Hall–Kier alpha value is -4.81. The zero-order valence-electron chi connectivity index (χ0n) is 23.3. The molecule has 3 fully saturated rings. The summed E-state index contributed by atoms with van der Waals surface area (Å²) in [5, 5.41) is 0.738. The van der Waals surface area contributed by atoms with E-state index in [4.69, 9.17) is 24.9 Å². The third-order valence-electron chi connectivity index (χ3n) is 8.54. The minimum absolute atomic E-state index is 0.0154. The molecular weight excluding hydrogens is 530 g/mol. The molecule has 4 atom stereocenters. The Morgan fingerprint density at radius 1 is 1.14 bits per heavy atom. The van der Waals surface area contributed by atoms with Crippen LogP contribution in [0.15, 0.2) is 67.5 Å². The summed E-state index contributed by atoms with van der Waals surface area (Å²) in [7, 11) is 1.64. The summed E-state index contributed by atoms with van der Waals surface area (Å²) in [6.07, 6.45) is 3.72. The molecule has 1 saturated carbocycles. The number of nitrogens with zero attached hydrogens (tertiary/aromatic N) is 4. The Morgan fingerprint density at radius 3 is 2.67 bits per heavy atom. The van der Waals surface area contributed by atoms with Crippen molar-refractivity contribution < 1.29 is 19.0 Å². The summed E-state index contributed by atoms with van der Waals surface area (Å²) in [5.41, 5.74) is 9.74. The number of hydrogen-bond acceptors (Lipinski definition) is 7. The second kappa shape index (κ2) is 10.5. The van der Waals surface area contributed by atoms with E-state index >= 15 is 0 Å². The third-order valence-corrected chi connectivity index (χ3v) is 8.54. The van der Waals surface area contributed by atoms with E-state index < -0.39 is 0 Å². The summed E-state index contributed by atoms with van der Waals surface area (Å²) in [6.45, 7) is 6.29. The number of likely N-dealkylation sites (tertiary alicyclic amines) is 1. The molecule has 0 bridgehead atoms. The van der Waals surface area contributed by atoms with E-state index in [1.54, 1.807) is 7.11 Å². The molecule has 212 valence electrons. The van der Waals surface area contributed by atoms with Crippen molar-refractivity contribution in [1.29, 1.82) is 0 Å². The van der Waals surface area contributed by atoms with E-state index in [1.165, 1.54) is 12.4 Å². The number of ether oxygens (including phenoxy) is 3. The maximum atomic E-state index is 12.1. The molecule has 42 heavy (non-hydrogen) atoms. The van der Waals surface area contributed by atoms with Gasteiger partial charge in [0.25, 0.3) is 0 Å². The third kappa shape index (κ3) is 4.45. The average Bonchev–Trinajstić information content (AvgIpc) is 3.47. The number of anilines is 1. The van der Waals surface area contributed by atoms with E-state index in [2.05, 4.69) is 28.0 Å². The first-order chi connectivity index (χ1) is 20.6. The highest BCUT2D eigenvalue weighted by Gasteiger charge is 2.55. The predicted octanol–water partition coefficient (Wildman–Crippen LogP) is 4.68. The van der Waals surface area contributed by atoms with Crippen LogP contribution in [-0.4, -0.2) is 58.8 Å². The Bertz CT molecular complexity index is 1740. The fourth-order valence-electron chi connectivity index (χ4n) is 6.39. The van der Waals surface area contributed by atoms with Gasteiger partial charge in [0.15, 0.2) is 0 Å². The Morgan fingerprint density at radius 2 is 1.95 bits per heavy atom. The van der Waals surface area contributed by atoms with E-state index in [0.717, 1.165) is 53.1 Å². The van der Waals surface area contributed by atoms with Gasteiger partial charge in [-0.1, -0.05) is 30.7 Å². The molecule has 1 aliphatic carbocycles. The first kappa shape index (κ1) is 26.1. The largest absolute Gasteiger partial charge is 0.496 e. The van der Waals surface area contributed by atoms with Crippen LogP contribution < -0.4 is 15.2 Å². The highest BCUT2D eigenvalue weighted by Crippen LogP contribution is 2.51. The summed E-state index contributed by atoms with van der Waals surface area (Å²) < 4.78 is 20.0. The van der Waals surface area contributed by atoms with Gasteiger partial charge in [0.05, 0.1) is 25.1 Å². The zero-order valence-corrected chi connectivity index (χ0v) is 23.3. The molecule has 1 amide bonds. The number of nitrogens with two attached hydrogens (primary N) is 1. The van der Waals surface area contributed by atoms with Crippen LogP contribution in [0.5, 0.6) is 17.2 Å². The van der Waals surface area contributed by atoms with Gasteiger partial charge in [-0.05, 0) is 54.5 Å². The highest BCUT2D eigenvalue weighted by atomic mass is 16.5. The summed E-state index contributed by atoms with van der Waals surface area (Å²) in [5.74, 6) is 10.5. The Kier molecular flexibility index (Phi) is 6.56. The Balaban J connectivity index is 1.34. The van der Waals surface area contributed by atoms with Crippen molar-refractivity contribution in [1.82, 2.24) is 19.4 Å². The number of amides is 1. The van der Waals surface area contributed by atoms with E-state index in [9.17, 15) is 4.79 Å². The molecule has 9 heteroatoms. The minimum Gasteiger partial charge on any atom is -0.496 e. The number of benzene rings is 2. The molecule has 2 saturated heterocycles. The van der Waals surface area contributed by atoms with Crippen LogP contribution >= 0.6 is 0 Å². The number of piperidine rings is 1. The van der Waals surface area contributed by atoms with Crippen LogP contribution in [0.4, 0.5) is 5.82 Å². The first-order valence-electron chi connectivity index (χ1n) is 14.1. The second-order valence-electron chi connectivity index (χ2n) is 10.9. The number of hydrogen-bond donors (Lipinski definition) is 1. The van der Waals surface area contributed by atoms with Gasteiger partial charge >= 0.3 is 0 Å². The van der Waals surface area contributed by atoms with Crippen LogP contribution in [0.1, 0.15) is 18.2 Å². The average molecular weight is 562 g/mol. The lowest BCUT2D eigenvalue weighted by Gasteiger charge is -2.16. The topological polar surface area (TPSA) is 105 Å². The van der Waals surface area contributed by atoms with Gasteiger partial charge in [0.2, 0.25) is 5.91 Å². The number of carbonyl (C=O) groups is 1. The van der Waals surface area contributed by atoms with Gasteiger partial charge < -0.3 is 29.4 Å². The van der Waals surface area contributed by atoms with Crippen molar-refractivity contribution in [2.75, 3.05) is 39.1 Å². The lowest BCUT2D eigenvalue weighted by atomic mass is 10.0. The van der Waals surface area contributed by atoms with Crippen molar-refractivity contribution in [3.63, 3.8) is 0 Å². The smallest absolute Gasteiger partial charge is 0.245 e. The molecule has 2 unspecified atom stereocenters. The van der Waals surface area contributed by atoms with Crippen LogP contribution in [0.25, 0.3) is 22.2 Å². The monoisotopic (exact) mass is 561 g/mol. The molecule has 3 aliphatic rings. The fourth-order valence-corrected chi connectivity index (χ4v) is 6.39. The molecule has 2 N–H and O–H groups in total. The van der Waals surface area contributed by atoms with Crippen LogP contribution in [0.3, 0.4) is 0 Å². The van der Waals surface area contributed by atoms with Crippen molar-refractivity contribution in [2.45, 2.75) is 12.5 Å². The number of fused-ring (bicyclic) bond motifs is 2. The normalized spacial score (nSPS) is 22.4. The molecule has 4 heterocycles. The molecule has 2 aromatic carbocycles. The van der Waals surface area contributed by atoms with Crippen molar-refractivity contribution in [2.24, 2.45) is 17.8 Å². The minimum atomic E-state index is -0.0154. The number of methoxy groups -OCH3 is 1. The lowest BCUT2D eigenvalue weighted by Crippen LogP contribution is -2.29. The highest BCUT2D eigenvalue weighted by molar-refractivity contribution is 6.05. The quantitative estimate of drug-likeness (QED) is 0.269. The van der Waals surface area contributed by atoms with E-state index in [-0.39, 0.29) is 17.9 Å². The fraction of sp³-hybridized carbons (Fsp3) is 0.303. The van der Waals surface area contributed by atoms with Gasteiger partial charge in [-0.25, -0.2) is 9.97 Å². The molecule has 2 aromatic heterocycles. The summed E-state index contributed by atoms with van der Waals surface area (Å²) in [4.78, 5) is 23.0. The van der Waals surface area contributed by atoms with Gasteiger partial charge in [-0.15, -0.1) is 0 Å². The zero-order chi connectivity index (χ0) is 28.8. The van der Waals surface area contributed by atoms with Crippen molar-refractivity contribution in [3.05, 3.63) is 73.2 Å². The maximum absolute atomic E-state index is 12.1. The SMILES string of the molecule is C=CC(=O)N1C[C@@H]2C(C#Cc3c(-c4ccc(Oc5ccccc5)cc4OC)c4c(N)ncnc4n3C3CCOC3)[C@@H]2C1. The molecular formula is C33H31N5O4. The Labute approximate surface area is 243 Å². The van der Waals surface area contributed by atoms with E-state index in [0.29, 0.717) is 42.4 Å². The predicted molar refractivity (Wildman–Crippen MR) is 159 cm³/mol. The number of aromatic nitrogens is 3. The summed E-state index contributed by atoms with van der Waals surface area (Å²) in [6, 6.07) is 15.4. The number of carbonyl (C=O) groups excluding carboxylic acids is 1. The standard InChI is InChI=1S/C33H31N5O4/c1-3-29(39)37-16-25-23(26(25)17-37)11-12-27-30(31-32(34)35-19-36-33(31)38(27)20-13-14-41-18-20)24-10-9-22(15-28(24)40-2)42-21-7-5-4-6-8-21/h3-10,15,19-20,23,25-26H,1,13-14,16-18H2,2H3,(H2,34,35,36)/t20?,23?,25-,26+. The van der Waals surface area contributed by atoms with Crippen molar-refractivity contribution in [3.8, 4) is 40.2 Å². The van der Waals surface area contributed by atoms with Crippen LogP contribution in [0.2, 0.25) is 0 Å². The number of nitrogen functional groups attached to an aromatic ring is 1. The molecule has 0 radical (unpaired) electrons. The number of rotatable bonds is 6. The molecule has 2 aliphatic heterocycles. The first-order valence-corrected chi connectivity index (χ1v) is 14.1. The van der Waals surface area contributed by atoms with Gasteiger partial charge in [-0.2, -0.15) is 0 Å². The summed E-state index contributed by atoms with van der Waals surface area (Å²) >= 11 is 0. The van der Waals surface area contributed by atoms with Crippen LogP contribution in [-0.2, 0) is 9.53 Å². The molecule has 7 rings (SSSR count). The lowest BCUT2D eigenvalue weighted by molar-refractivity contribution is -0.125. The van der Waals surface area contributed by atoms with E-state index in [1.807, 2.05) is 53.4 Å². The number of para-hydroxylation sites is 1. The van der Waals surface area contributed by atoms with Gasteiger partial charge in [0, 0.05) is 42.8 Å². The van der Waals surface area contributed by atoms with Gasteiger partial charge in [0.1, 0.15) is 40.7 Å². The van der Waals surface area contributed by atoms with Gasteiger partial charge in [-0.3, -0.25) is 4.79 Å². The maximum Gasteiger partial charge on any atom is 0.245 e. The van der Waals surface area contributed by atoms with Crippen molar-refractivity contribution >= 4 is 22.8 Å². The van der Waals surface area contributed by atoms with Crippen LogP contribution in [0, 0.1) is 29.6 Å². The molecule has 0 spiro atoms.